The molecule has 2 rings (SSSR count). The third-order valence-corrected chi connectivity index (χ3v) is 3.80. The van der Waals surface area contributed by atoms with Gasteiger partial charge < -0.3 is 5.11 Å². The Labute approximate surface area is 117 Å². The molecule has 0 radical (unpaired) electrons. The molecule has 1 atom stereocenters. The van der Waals surface area contributed by atoms with Gasteiger partial charge in [-0.05, 0) is 31.2 Å². The number of halogens is 2. The minimum Gasteiger partial charge on any atom is -0.382 e. The third-order valence-electron chi connectivity index (χ3n) is 2.58. The van der Waals surface area contributed by atoms with Crippen molar-refractivity contribution in [2.75, 3.05) is 0 Å². The maximum atomic E-state index is 10.4. The van der Waals surface area contributed by atoms with Crippen LogP contribution in [0.3, 0.4) is 0 Å². The van der Waals surface area contributed by atoms with E-state index in [9.17, 15) is 5.11 Å². The van der Waals surface area contributed by atoms with Crippen LogP contribution >= 0.6 is 31.9 Å². The van der Waals surface area contributed by atoms with Crippen LogP contribution in [0.5, 0.6) is 0 Å². The van der Waals surface area contributed by atoms with Gasteiger partial charge in [0.15, 0.2) is 0 Å². The van der Waals surface area contributed by atoms with Crippen LogP contribution in [-0.2, 0) is 6.54 Å². The quantitative estimate of drug-likeness (QED) is 0.910. The fourth-order valence-corrected chi connectivity index (χ4v) is 2.57. The SMILES string of the molecule is CCn1nccc1C(O)c1cc(Br)ccc1Br. The maximum Gasteiger partial charge on any atom is 0.122 e. The Morgan fingerprint density at radius 2 is 2.12 bits per heavy atom. The third kappa shape index (κ3) is 2.61. The summed E-state index contributed by atoms with van der Waals surface area (Å²) in [5.41, 5.74) is 1.63. The van der Waals surface area contributed by atoms with Gasteiger partial charge in [-0.25, -0.2) is 0 Å². The molecule has 1 aromatic carbocycles. The molecule has 1 aromatic heterocycles. The number of hydrogen-bond donors (Lipinski definition) is 1. The van der Waals surface area contributed by atoms with Gasteiger partial charge in [-0.3, -0.25) is 4.68 Å². The maximum absolute atomic E-state index is 10.4. The predicted molar refractivity (Wildman–Crippen MR) is 73.8 cm³/mol. The highest BCUT2D eigenvalue weighted by Crippen LogP contribution is 2.30. The second kappa shape index (κ2) is 5.33. The molecule has 0 amide bonds. The molecule has 0 saturated carbocycles. The first-order valence-electron chi connectivity index (χ1n) is 5.28. The van der Waals surface area contributed by atoms with Gasteiger partial charge in [0.25, 0.3) is 0 Å². The second-order valence-corrected chi connectivity index (χ2v) is 5.41. The van der Waals surface area contributed by atoms with Gasteiger partial charge in [0.2, 0.25) is 0 Å². The highest BCUT2D eigenvalue weighted by Gasteiger charge is 2.17. The van der Waals surface area contributed by atoms with Crippen molar-refractivity contribution in [3.05, 3.63) is 50.7 Å². The van der Waals surface area contributed by atoms with Gasteiger partial charge >= 0.3 is 0 Å². The molecular weight excluding hydrogens is 348 g/mol. The van der Waals surface area contributed by atoms with Gasteiger partial charge in [-0.1, -0.05) is 31.9 Å². The van der Waals surface area contributed by atoms with Crippen LogP contribution in [0.2, 0.25) is 0 Å². The molecule has 2 aromatic rings. The van der Waals surface area contributed by atoms with Crippen molar-refractivity contribution in [1.29, 1.82) is 0 Å². The Bertz CT molecular complexity index is 525. The highest BCUT2D eigenvalue weighted by atomic mass is 79.9. The van der Waals surface area contributed by atoms with E-state index in [-0.39, 0.29) is 0 Å². The summed E-state index contributed by atoms with van der Waals surface area (Å²) in [6, 6.07) is 7.58. The Morgan fingerprint density at radius 3 is 2.82 bits per heavy atom. The molecule has 0 fully saturated rings. The lowest BCUT2D eigenvalue weighted by Crippen LogP contribution is -2.09. The zero-order valence-electron chi connectivity index (χ0n) is 9.27. The van der Waals surface area contributed by atoms with Crippen LogP contribution in [0.25, 0.3) is 0 Å². The van der Waals surface area contributed by atoms with E-state index in [1.54, 1.807) is 10.9 Å². The fourth-order valence-electron chi connectivity index (χ4n) is 1.72. The molecular formula is C12H12Br2N2O. The molecule has 0 saturated heterocycles. The van der Waals surface area contributed by atoms with Crippen molar-refractivity contribution >= 4 is 31.9 Å². The molecule has 17 heavy (non-hydrogen) atoms. The molecule has 90 valence electrons. The summed E-state index contributed by atoms with van der Waals surface area (Å²) in [5.74, 6) is 0. The van der Waals surface area contributed by atoms with Crippen LogP contribution in [0.1, 0.15) is 24.3 Å². The van der Waals surface area contributed by atoms with Crippen molar-refractivity contribution in [2.24, 2.45) is 0 Å². The van der Waals surface area contributed by atoms with E-state index >= 15 is 0 Å². The molecule has 0 aliphatic carbocycles. The standard InChI is InChI=1S/C12H12Br2N2O/c1-2-16-11(5-6-15-16)12(17)9-7-8(13)3-4-10(9)14/h3-7,12,17H,2H2,1H3. The lowest BCUT2D eigenvalue weighted by molar-refractivity contribution is 0.207. The monoisotopic (exact) mass is 358 g/mol. The summed E-state index contributed by atoms with van der Waals surface area (Å²) in [5, 5.41) is 14.5. The number of hydrogen-bond acceptors (Lipinski definition) is 2. The van der Waals surface area contributed by atoms with Gasteiger partial charge in [0, 0.05) is 27.3 Å². The Hall–Kier alpha value is -0.650. The first kappa shape index (κ1) is 12.8. The summed E-state index contributed by atoms with van der Waals surface area (Å²) >= 11 is 6.86. The first-order valence-corrected chi connectivity index (χ1v) is 6.86. The van der Waals surface area contributed by atoms with E-state index in [1.807, 2.05) is 31.2 Å². The largest absolute Gasteiger partial charge is 0.382 e. The molecule has 1 N–H and O–H groups in total. The molecule has 5 heteroatoms. The average molecular weight is 360 g/mol. The Morgan fingerprint density at radius 1 is 1.35 bits per heavy atom. The molecule has 0 bridgehead atoms. The number of benzene rings is 1. The summed E-state index contributed by atoms with van der Waals surface area (Å²) in [7, 11) is 0. The molecule has 1 unspecified atom stereocenters. The molecule has 3 nitrogen and oxygen atoms in total. The van der Waals surface area contributed by atoms with Crippen molar-refractivity contribution in [1.82, 2.24) is 9.78 Å². The number of aliphatic hydroxyl groups is 1. The number of nitrogens with zero attached hydrogens (tertiary/aromatic N) is 2. The minimum atomic E-state index is -0.677. The fraction of sp³-hybridized carbons (Fsp3) is 0.250. The van der Waals surface area contributed by atoms with E-state index in [1.165, 1.54) is 0 Å². The smallest absolute Gasteiger partial charge is 0.122 e. The van der Waals surface area contributed by atoms with Gasteiger partial charge in [0.05, 0.1) is 5.69 Å². The summed E-state index contributed by atoms with van der Waals surface area (Å²) < 4.78 is 3.62. The first-order chi connectivity index (χ1) is 8.13. The average Bonchev–Trinajstić information content (AvgIpc) is 2.79. The number of aryl methyl sites for hydroxylation is 1. The van der Waals surface area contributed by atoms with Crippen molar-refractivity contribution in [3.63, 3.8) is 0 Å². The Balaban J connectivity index is 2.43. The van der Waals surface area contributed by atoms with Crippen molar-refractivity contribution < 1.29 is 5.11 Å². The zero-order valence-corrected chi connectivity index (χ0v) is 12.4. The molecule has 0 aliphatic rings. The second-order valence-electron chi connectivity index (χ2n) is 3.64. The number of aromatic nitrogens is 2. The van der Waals surface area contributed by atoms with Crippen LogP contribution < -0.4 is 0 Å². The predicted octanol–water partition coefficient (Wildman–Crippen LogP) is 3.51. The Kier molecular flexibility index (Phi) is 4.01. The number of rotatable bonds is 3. The van der Waals surface area contributed by atoms with Gasteiger partial charge in [-0.2, -0.15) is 5.10 Å². The molecule has 0 spiro atoms. The zero-order chi connectivity index (χ0) is 12.4. The summed E-state index contributed by atoms with van der Waals surface area (Å²) in [4.78, 5) is 0. The van der Waals surface area contributed by atoms with Crippen molar-refractivity contribution in [2.45, 2.75) is 19.6 Å². The van der Waals surface area contributed by atoms with E-state index in [0.717, 1.165) is 26.7 Å². The van der Waals surface area contributed by atoms with Crippen LogP contribution in [0, 0.1) is 0 Å². The van der Waals surface area contributed by atoms with Crippen LogP contribution in [0.15, 0.2) is 39.4 Å². The lowest BCUT2D eigenvalue weighted by Gasteiger charge is -2.14. The van der Waals surface area contributed by atoms with Crippen LogP contribution in [0.4, 0.5) is 0 Å². The van der Waals surface area contributed by atoms with E-state index < -0.39 is 6.10 Å². The van der Waals surface area contributed by atoms with E-state index in [0.29, 0.717) is 0 Å². The summed E-state index contributed by atoms with van der Waals surface area (Å²) in [6.45, 7) is 2.74. The lowest BCUT2D eigenvalue weighted by atomic mass is 10.1. The highest BCUT2D eigenvalue weighted by molar-refractivity contribution is 9.11. The van der Waals surface area contributed by atoms with Gasteiger partial charge in [-0.15, -0.1) is 0 Å². The minimum absolute atomic E-state index is 0.677. The van der Waals surface area contributed by atoms with E-state index in [4.69, 9.17) is 0 Å². The van der Waals surface area contributed by atoms with E-state index in [2.05, 4.69) is 37.0 Å². The topological polar surface area (TPSA) is 38.0 Å². The number of aliphatic hydroxyl groups excluding tert-OH is 1. The normalized spacial score (nSPS) is 12.7. The summed E-state index contributed by atoms with van der Waals surface area (Å²) in [6.07, 6.45) is 1.03. The van der Waals surface area contributed by atoms with Crippen LogP contribution in [-0.4, -0.2) is 14.9 Å². The molecule has 0 aliphatic heterocycles. The molecule has 1 heterocycles. The van der Waals surface area contributed by atoms with Gasteiger partial charge in [0.1, 0.15) is 6.10 Å². The van der Waals surface area contributed by atoms with Crippen molar-refractivity contribution in [3.8, 4) is 0 Å².